The summed E-state index contributed by atoms with van der Waals surface area (Å²) in [5, 5.41) is 2.24. The molecule has 0 nitrogen and oxygen atoms in total. The van der Waals surface area contributed by atoms with Gasteiger partial charge in [0.2, 0.25) is 0 Å². The van der Waals surface area contributed by atoms with Gasteiger partial charge in [0.25, 0.3) is 0 Å². The number of hydrogen-bond acceptors (Lipinski definition) is 1. The molecule has 1 heterocycles. The topological polar surface area (TPSA) is 0 Å². The van der Waals surface area contributed by atoms with E-state index in [1.54, 1.807) is 0 Å². The molecule has 0 bridgehead atoms. The average Bonchev–Trinajstić information content (AvgIpc) is 3.29. The smallest absolute Gasteiger partial charge is 0.0819 e. The minimum Gasteiger partial charge on any atom is -0.147 e. The molecule has 1 spiro atoms. The second-order valence-electron chi connectivity index (χ2n) is 6.69. The summed E-state index contributed by atoms with van der Waals surface area (Å²) in [4.78, 5) is 1.46. The van der Waals surface area contributed by atoms with Crippen molar-refractivity contribution in [3.63, 3.8) is 0 Å². The van der Waals surface area contributed by atoms with Gasteiger partial charge >= 0.3 is 0 Å². The molecule has 1 aromatic heterocycles. The lowest BCUT2D eigenvalue weighted by molar-refractivity contribution is 0.811. The zero-order chi connectivity index (χ0) is 16.6. The first kappa shape index (κ1) is 14.1. The van der Waals surface area contributed by atoms with E-state index in [1.807, 2.05) is 11.3 Å². The fourth-order valence-corrected chi connectivity index (χ4v) is 6.28. The van der Waals surface area contributed by atoms with Crippen molar-refractivity contribution in [2.45, 2.75) is 5.41 Å². The highest BCUT2D eigenvalue weighted by atomic mass is 79.9. The molecule has 25 heavy (non-hydrogen) atoms. The van der Waals surface area contributed by atoms with Gasteiger partial charge in [0.05, 0.1) is 5.41 Å². The van der Waals surface area contributed by atoms with Gasteiger partial charge in [-0.1, -0.05) is 70.5 Å². The quantitative estimate of drug-likeness (QED) is 0.261. The molecule has 1 atom stereocenters. The predicted octanol–water partition coefficient (Wildman–Crippen LogP) is 6.85. The summed E-state index contributed by atoms with van der Waals surface area (Å²) in [7, 11) is 0. The van der Waals surface area contributed by atoms with Crippen LogP contribution in [0.4, 0.5) is 0 Å². The summed E-state index contributed by atoms with van der Waals surface area (Å²) in [5.41, 5.74) is 9.55. The van der Waals surface area contributed by atoms with Gasteiger partial charge in [-0.05, 0) is 62.5 Å². The molecule has 0 radical (unpaired) electrons. The van der Waals surface area contributed by atoms with Crippen LogP contribution in [0.25, 0.3) is 22.3 Å². The van der Waals surface area contributed by atoms with Crippen molar-refractivity contribution in [1.29, 1.82) is 0 Å². The Labute approximate surface area is 158 Å². The third-order valence-corrected chi connectivity index (χ3v) is 7.16. The molecular weight excluding hydrogens is 388 g/mol. The van der Waals surface area contributed by atoms with Crippen LogP contribution in [0.5, 0.6) is 0 Å². The largest absolute Gasteiger partial charge is 0.147 e. The Morgan fingerprint density at radius 2 is 1.28 bits per heavy atom. The normalized spacial score (nSPS) is 18.8. The highest BCUT2D eigenvalue weighted by molar-refractivity contribution is 9.10. The van der Waals surface area contributed by atoms with Crippen LogP contribution in [-0.2, 0) is 5.41 Å². The van der Waals surface area contributed by atoms with Crippen molar-refractivity contribution < 1.29 is 0 Å². The first-order valence-corrected chi connectivity index (χ1v) is 10.1. The standard InChI is InChI=1S/C23H13BrS/c24-14-9-10-17-15-5-1-3-7-19(15)23(21(17)13-14)20-8-4-2-6-16(20)18-11-12-25-22(18)23/h1-13H. The Balaban J connectivity index is 1.88. The van der Waals surface area contributed by atoms with Gasteiger partial charge in [0.1, 0.15) is 0 Å². The molecule has 0 N–H and O–H groups in total. The van der Waals surface area contributed by atoms with E-state index in [0.717, 1.165) is 4.47 Å². The van der Waals surface area contributed by atoms with E-state index in [0.29, 0.717) is 0 Å². The van der Waals surface area contributed by atoms with Crippen LogP contribution in [0.15, 0.2) is 82.6 Å². The van der Waals surface area contributed by atoms with Crippen LogP contribution in [0.3, 0.4) is 0 Å². The monoisotopic (exact) mass is 400 g/mol. The van der Waals surface area contributed by atoms with Crippen molar-refractivity contribution in [2.24, 2.45) is 0 Å². The molecule has 0 fully saturated rings. The van der Waals surface area contributed by atoms with Gasteiger partial charge < -0.3 is 0 Å². The maximum atomic E-state index is 3.71. The Morgan fingerprint density at radius 3 is 2.04 bits per heavy atom. The van der Waals surface area contributed by atoms with E-state index < -0.39 is 0 Å². The number of rotatable bonds is 0. The molecule has 3 aromatic carbocycles. The summed E-state index contributed by atoms with van der Waals surface area (Å²) in [6.45, 7) is 0. The number of halogens is 1. The maximum Gasteiger partial charge on any atom is 0.0819 e. The van der Waals surface area contributed by atoms with Crippen LogP contribution < -0.4 is 0 Å². The second-order valence-corrected chi connectivity index (χ2v) is 8.53. The molecule has 0 saturated heterocycles. The van der Waals surface area contributed by atoms with Gasteiger partial charge in [-0.2, -0.15) is 0 Å². The minimum atomic E-state index is -0.171. The van der Waals surface area contributed by atoms with E-state index in [2.05, 4.69) is 94.1 Å². The summed E-state index contributed by atoms with van der Waals surface area (Å²) >= 11 is 5.60. The molecule has 0 saturated carbocycles. The molecule has 2 aliphatic carbocycles. The highest BCUT2D eigenvalue weighted by Crippen LogP contribution is 2.64. The Morgan fingerprint density at radius 1 is 0.640 bits per heavy atom. The lowest BCUT2D eigenvalue weighted by Crippen LogP contribution is -2.24. The number of thiophene rings is 1. The molecule has 0 amide bonds. The molecule has 0 aliphatic heterocycles. The van der Waals surface area contributed by atoms with Gasteiger partial charge in [0.15, 0.2) is 0 Å². The SMILES string of the molecule is Brc1ccc2c(c1)C1(c3ccccc3-2)c2ccccc2-c2ccsc21. The molecule has 4 aromatic rings. The van der Waals surface area contributed by atoms with Crippen LogP contribution in [0.2, 0.25) is 0 Å². The second kappa shape index (κ2) is 4.72. The lowest BCUT2D eigenvalue weighted by atomic mass is 9.74. The summed E-state index contributed by atoms with van der Waals surface area (Å²) < 4.78 is 1.14. The fourth-order valence-electron chi connectivity index (χ4n) is 4.77. The number of hydrogen-bond donors (Lipinski definition) is 0. The molecular formula is C23H13BrS. The van der Waals surface area contributed by atoms with E-state index in [9.17, 15) is 0 Å². The third-order valence-electron chi connectivity index (χ3n) is 5.63. The van der Waals surface area contributed by atoms with Crippen LogP contribution in [-0.4, -0.2) is 0 Å². The van der Waals surface area contributed by atoms with Gasteiger partial charge in [-0.3, -0.25) is 0 Å². The fraction of sp³-hybridized carbons (Fsp3) is 0.0435. The van der Waals surface area contributed by atoms with Crippen LogP contribution in [0, 0.1) is 0 Å². The molecule has 2 aliphatic rings. The highest BCUT2D eigenvalue weighted by Gasteiger charge is 2.52. The van der Waals surface area contributed by atoms with Gasteiger partial charge in [0, 0.05) is 9.35 Å². The third kappa shape index (κ3) is 1.53. The predicted molar refractivity (Wildman–Crippen MR) is 108 cm³/mol. The van der Waals surface area contributed by atoms with Gasteiger partial charge in [-0.15, -0.1) is 11.3 Å². The Kier molecular flexibility index (Phi) is 2.65. The van der Waals surface area contributed by atoms with Crippen molar-refractivity contribution in [3.05, 3.63) is 104 Å². The molecule has 118 valence electrons. The summed E-state index contributed by atoms with van der Waals surface area (Å²) in [5.74, 6) is 0. The molecule has 2 heteroatoms. The van der Waals surface area contributed by atoms with E-state index in [4.69, 9.17) is 0 Å². The van der Waals surface area contributed by atoms with Crippen molar-refractivity contribution in [1.82, 2.24) is 0 Å². The number of benzene rings is 3. The van der Waals surface area contributed by atoms with Crippen molar-refractivity contribution in [2.75, 3.05) is 0 Å². The van der Waals surface area contributed by atoms with Crippen molar-refractivity contribution >= 4 is 27.3 Å². The Bertz CT molecular complexity index is 1170. The summed E-state index contributed by atoms with van der Waals surface area (Å²) in [6, 6.07) is 26.9. The van der Waals surface area contributed by atoms with Crippen LogP contribution >= 0.6 is 27.3 Å². The minimum absolute atomic E-state index is 0.171. The van der Waals surface area contributed by atoms with Crippen molar-refractivity contribution in [3.8, 4) is 22.3 Å². The lowest BCUT2D eigenvalue weighted by Gasteiger charge is -2.29. The first-order chi connectivity index (χ1) is 12.3. The average molecular weight is 401 g/mol. The summed E-state index contributed by atoms with van der Waals surface area (Å²) in [6.07, 6.45) is 0. The Hall–Kier alpha value is -2.16. The first-order valence-electron chi connectivity index (χ1n) is 8.39. The number of fused-ring (bicyclic) bond motifs is 10. The van der Waals surface area contributed by atoms with E-state index in [-0.39, 0.29) is 5.41 Å². The zero-order valence-electron chi connectivity index (χ0n) is 13.3. The van der Waals surface area contributed by atoms with Crippen LogP contribution in [0.1, 0.15) is 21.6 Å². The zero-order valence-corrected chi connectivity index (χ0v) is 15.7. The molecule has 6 rings (SSSR count). The van der Waals surface area contributed by atoms with Gasteiger partial charge in [-0.25, -0.2) is 0 Å². The van der Waals surface area contributed by atoms with E-state index in [1.165, 1.54) is 43.8 Å². The maximum absolute atomic E-state index is 3.71. The molecule has 1 unspecified atom stereocenters. The van der Waals surface area contributed by atoms with E-state index >= 15 is 0 Å².